The first-order valence-electron chi connectivity index (χ1n) is 7.45. The monoisotopic (exact) mass is 403 g/mol. The Hall–Kier alpha value is -1.70. The molecule has 1 atom stereocenters. The third-order valence-electron chi connectivity index (χ3n) is 3.63. The summed E-state index contributed by atoms with van der Waals surface area (Å²) in [6.45, 7) is 2.04. The summed E-state index contributed by atoms with van der Waals surface area (Å²) >= 11 is 12.0. The molecule has 0 fully saturated rings. The zero-order chi connectivity index (χ0) is 18.6. The molecule has 0 bridgehead atoms. The molecule has 9 heteroatoms. The van der Waals surface area contributed by atoms with Crippen LogP contribution in [-0.2, 0) is 24.5 Å². The van der Waals surface area contributed by atoms with Gasteiger partial charge in [0, 0.05) is 13.1 Å². The van der Waals surface area contributed by atoms with Gasteiger partial charge >= 0.3 is 0 Å². The van der Waals surface area contributed by atoms with Crippen molar-refractivity contribution in [3.8, 4) is 5.75 Å². The summed E-state index contributed by atoms with van der Waals surface area (Å²) in [5.74, 6) is 0.624. The molecule has 1 aromatic carbocycles. The van der Waals surface area contributed by atoms with Crippen LogP contribution < -0.4 is 20.3 Å². The number of nitrogens with one attached hydrogen (secondary N) is 2. The van der Waals surface area contributed by atoms with E-state index in [0.717, 1.165) is 12.0 Å². The molecule has 0 saturated heterocycles. The van der Waals surface area contributed by atoms with Gasteiger partial charge in [-0.3, -0.25) is 14.1 Å². The number of hydrogen-bond donors (Lipinski definition) is 2. The first-order chi connectivity index (χ1) is 11.9. The molecule has 6 nitrogen and oxygen atoms in total. The van der Waals surface area contributed by atoms with Crippen LogP contribution in [0.4, 0.5) is 17.2 Å². The number of nitrogens with zero attached hydrogens (tertiary/aromatic N) is 1. The van der Waals surface area contributed by atoms with E-state index in [1.165, 1.54) is 17.7 Å². The summed E-state index contributed by atoms with van der Waals surface area (Å²) in [5.41, 5.74) is 1.78. The Morgan fingerprint density at radius 1 is 1.32 bits per heavy atom. The van der Waals surface area contributed by atoms with Crippen molar-refractivity contribution in [2.75, 3.05) is 22.4 Å². The predicted octanol–water partition coefficient (Wildman–Crippen LogP) is 3.63. The molecule has 0 amide bonds. The Kier molecular flexibility index (Phi) is 6.75. The maximum atomic E-state index is 12.2. The standard InChI is InChI=1S/C16H19Cl2N3O3S/c1-4-10-5-6-12(11(18)7-10)19-16-15(20-25(23)9-17)13(24-3)8-14(22)21(16)2/h5-8,19-20H,4,9H2,1-3H3. The minimum atomic E-state index is -1.54. The Bertz CT molecular complexity index is 855. The highest BCUT2D eigenvalue weighted by molar-refractivity contribution is 7.87. The van der Waals surface area contributed by atoms with Crippen LogP contribution in [0.5, 0.6) is 5.75 Å². The summed E-state index contributed by atoms with van der Waals surface area (Å²) in [6.07, 6.45) is 0.860. The third kappa shape index (κ3) is 4.48. The second-order valence-electron chi connectivity index (χ2n) is 5.18. The fourth-order valence-corrected chi connectivity index (χ4v) is 3.12. The van der Waals surface area contributed by atoms with Crippen molar-refractivity contribution in [3.05, 3.63) is 45.2 Å². The molecule has 0 aliphatic carbocycles. The lowest BCUT2D eigenvalue weighted by Gasteiger charge is -2.19. The number of methoxy groups -OCH3 is 1. The van der Waals surface area contributed by atoms with Gasteiger partial charge in [0.1, 0.15) is 27.7 Å². The number of rotatable bonds is 7. The fraction of sp³-hybridized carbons (Fsp3) is 0.312. The number of benzene rings is 1. The second-order valence-corrected chi connectivity index (χ2v) is 7.36. The van der Waals surface area contributed by atoms with Crippen LogP contribution in [0.2, 0.25) is 5.02 Å². The van der Waals surface area contributed by atoms with Crippen LogP contribution in [0, 0.1) is 0 Å². The van der Waals surface area contributed by atoms with Crippen molar-refractivity contribution in [1.82, 2.24) is 4.57 Å². The molecule has 1 heterocycles. The van der Waals surface area contributed by atoms with Gasteiger partial charge in [0.15, 0.2) is 5.75 Å². The fourth-order valence-electron chi connectivity index (χ4n) is 2.23. The van der Waals surface area contributed by atoms with Gasteiger partial charge in [0.05, 0.1) is 17.8 Å². The zero-order valence-electron chi connectivity index (χ0n) is 14.1. The van der Waals surface area contributed by atoms with Crippen molar-refractivity contribution < 1.29 is 8.95 Å². The van der Waals surface area contributed by atoms with E-state index in [1.807, 2.05) is 25.1 Å². The summed E-state index contributed by atoms with van der Waals surface area (Å²) in [4.78, 5) is 12.2. The molecule has 2 N–H and O–H groups in total. The summed E-state index contributed by atoms with van der Waals surface area (Å²) in [7, 11) is 1.48. The minimum Gasteiger partial charge on any atom is -0.494 e. The van der Waals surface area contributed by atoms with Gasteiger partial charge in [-0.2, -0.15) is 0 Å². The van der Waals surface area contributed by atoms with Crippen molar-refractivity contribution in [1.29, 1.82) is 0 Å². The average molecular weight is 404 g/mol. The number of aryl methyl sites for hydroxylation is 1. The molecule has 0 radical (unpaired) electrons. The number of halogens is 2. The highest BCUT2D eigenvalue weighted by atomic mass is 35.5. The molecule has 25 heavy (non-hydrogen) atoms. The van der Waals surface area contributed by atoms with Gasteiger partial charge < -0.3 is 10.1 Å². The molecule has 1 unspecified atom stereocenters. The van der Waals surface area contributed by atoms with Crippen molar-refractivity contribution in [2.45, 2.75) is 13.3 Å². The van der Waals surface area contributed by atoms with Gasteiger partial charge in [0.25, 0.3) is 5.56 Å². The largest absolute Gasteiger partial charge is 0.494 e. The first kappa shape index (κ1) is 19.6. The van der Waals surface area contributed by atoms with Crippen LogP contribution in [0.15, 0.2) is 29.1 Å². The maximum absolute atomic E-state index is 12.2. The van der Waals surface area contributed by atoms with E-state index in [-0.39, 0.29) is 16.5 Å². The lowest BCUT2D eigenvalue weighted by Crippen LogP contribution is -2.22. The van der Waals surface area contributed by atoms with Crippen LogP contribution in [0.1, 0.15) is 12.5 Å². The van der Waals surface area contributed by atoms with Gasteiger partial charge in [-0.15, -0.1) is 11.6 Å². The molecule has 1 aromatic heterocycles. The number of ether oxygens (including phenoxy) is 1. The highest BCUT2D eigenvalue weighted by Crippen LogP contribution is 2.35. The van der Waals surface area contributed by atoms with E-state index < -0.39 is 11.0 Å². The van der Waals surface area contributed by atoms with Crippen molar-refractivity contribution in [2.24, 2.45) is 7.05 Å². The van der Waals surface area contributed by atoms with Crippen molar-refractivity contribution in [3.63, 3.8) is 0 Å². The van der Waals surface area contributed by atoms with Crippen LogP contribution >= 0.6 is 23.2 Å². The summed E-state index contributed by atoms with van der Waals surface area (Å²) in [5, 5.41) is 3.52. The smallest absolute Gasteiger partial charge is 0.255 e. The first-order valence-corrected chi connectivity index (χ1v) is 9.68. The Balaban J connectivity index is 2.56. The maximum Gasteiger partial charge on any atom is 0.255 e. The Labute approximate surface area is 158 Å². The normalized spacial score (nSPS) is 11.9. The van der Waals surface area contributed by atoms with Crippen LogP contribution in [0.3, 0.4) is 0 Å². The van der Waals surface area contributed by atoms with Crippen LogP contribution in [0.25, 0.3) is 0 Å². The summed E-state index contributed by atoms with van der Waals surface area (Å²) < 4.78 is 21.3. The molecule has 0 spiro atoms. The van der Waals surface area contributed by atoms with E-state index in [2.05, 4.69) is 10.0 Å². The van der Waals surface area contributed by atoms with E-state index in [4.69, 9.17) is 27.9 Å². The van der Waals surface area contributed by atoms with Gasteiger partial charge in [-0.25, -0.2) is 4.21 Å². The van der Waals surface area contributed by atoms with Gasteiger partial charge in [-0.1, -0.05) is 24.6 Å². The molecule has 0 saturated carbocycles. The SMILES string of the molecule is CCc1ccc(Nc2c(NS(=O)CCl)c(OC)cc(=O)n2C)c(Cl)c1. The Morgan fingerprint density at radius 3 is 2.60 bits per heavy atom. The van der Waals surface area contributed by atoms with Gasteiger partial charge in [0.2, 0.25) is 0 Å². The van der Waals surface area contributed by atoms with Crippen molar-refractivity contribution >= 4 is 51.4 Å². The Morgan fingerprint density at radius 2 is 2.04 bits per heavy atom. The third-order valence-corrected chi connectivity index (χ3v) is 5.17. The molecule has 0 aliphatic heterocycles. The molecule has 0 aliphatic rings. The highest BCUT2D eigenvalue weighted by Gasteiger charge is 2.17. The number of aromatic nitrogens is 1. The van der Waals surface area contributed by atoms with E-state index in [0.29, 0.717) is 22.2 Å². The second kappa shape index (κ2) is 8.60. The van der Waals surface area contributed by atoms with E-state index in [1.54, 1.807) is 7.05 Å². The van der Waals surface area contributed by atoms with E-state index >= 15 is 0 Å². The zero-order valence-corrected chi connectivity index (χ0v) is 16.4. The minimum absolute atomic E-state index is 0.114. The lowest BCUT2D eigenvalue weighted by molar-refractivity contribution is 0.415. The molecule has 2 rings (SSSR count). The molecule has 136 valence electrons. The molecule has 2 aromatic rings. The molecular weight excluding hydrogens is 385 g/mol. The van der Waals surface area contributed by atoms with E-state index in [9.17, 15) is 9.00 Å². The van der Waals surface area contributed by atoms with Gasteiger partial charge in [-0.05, 0) is 24.1 Å². The number of anilines is 3. The predicted molar refractivity (Wildman–Crippen MR) is 105 cm³/mol. The number of pyridine rings is 1. The topological polar surface area (TPSA) is 72.4 Å². The lowest BCUT2D eigenvalue weighted by atomic mass is 10.1. The summed E-state index contributed by atoms with van der Waals surface area (Å²) in [6, 6.07) is 6.93. The molecular formula is C16H19Cl2N3O3S. The quantitative estimate of drug-likeness (QED) is 0.692. The van der Waals surface area contributed by atoms with Crippen LogP contribution in [-0.4, -0.2) is 21.1 Å². The number of hydrogen-bond acceptors (Lipinski definition) is 4. The average Bonchev–Trinajstić information content (AvgIpc) is 2.61. The number of alkyl halides is 1.